The fraction of sp³-hybridized carbons (Fsp3) is 0.500. The molecule has 0 spiro atoms. The number of ether oxygens (including phenoxy) is 1. The molecule has 0 saturated carbocycles. The lowest BCUT2D eigenvalue weighted by Crippen LogP contribution is -2.29. The zero-order valence-corrected chi connectivity index (χ0v) is 9.61. The van der Waals surface area contributed by atoms with E-state index in [1.54, 1.807) is 6.07 Å². The van der Waals surface area contributed by atoms with Crippen molar-refractivity contribution in [3.8, 4) is 5.75 Å². The molecule has 0 bridgehead atoms. The third kappa shape index (κ3) is 1.90. The van der Waals surface area contributed by atoms with Crippen LogP contribution in [0, 0.1) is 5.82 Å². The van der Waals surface area contributed by atoms with Gasteiger partial charge in [-0.25, -0.2) is 4.39 Å². The Hall–Kier alpha value is -1.13. The Balaban J connectivity index is 2.30. The smallest absolute Gasteiger partial charge is 0.165 e. The molecule has 2 N–H and O–H groups in total. The molecular formula is C12H17FN2O. The van der Waals surface area contributed by atoms with Crippen LogP contribution in [0.25, 0.3) is 0 Å². The van der Waals surface area contributed by atoms with Gasteiger partial charge in [0, 0.05) is 18.6 Å². The summed E-state index contributed by atoms with van der Waals surface area (Å²) in [5.41, 5.74) is 6.95. The van der Waals surface area contributed by atoms with Gasteiger partial charge in [-0.2, -0.15) is 0 Å². The minimum atomic E-state index is -0.326. The molecule has 1 aliphatic rings. The van der Waals surface area contributed by atoms with Crippen LogP contribution in [-0.4, -0.2) is 31.6 Å². The number of benzene rings is 1. The first kappa shape index (κ1) is 11.4. The molecule has 4 heteroatoms. The summed E-state index contributed by atoms with van der Waals surface area (Å²) in [6, 6.07) is 5.25. The number of nitrogens with zero attached hydrogens (tertiary/aromatic N) is 1. The van der Waals surface area contributed by atoms with Crippen molar-refractivity contribution >= 4 is 0 Å². The van der Waals surface area contributed by atoms with Crippen LogP contribution in [0.2, 0.25) is 0 Å². The molecule has 88 valence electrons. The molecule has 1 aromatic carbocycles. The number of halogens is 1. The van der Waals surface area contributed by atoms with Gasteiger partial charge in [0.05, 0.1) is 7.11 Å². The molecule has 0 amide bonds. The van der Waals surface area contributed by atoms with Gasteiger partial charge in [-0.1, -0.05) is 6.07 Å². The predicted octanol–water partition coefficient (Wildman–Crippen LogP) is 1.54. The monoisotopic (exact) mass is 224 g/mol. The summed E-state index contributed by atoms with van der Waals surface area (Å²) in [6.07, 6.45) is 0.953. The zero-order valence-electron chi connectivity index (χ0n) is 9.61. The quantitative estimate of drug-likeness (QED) is 0.828. The van der Waals surface area contributed by atoms with Gasteiger partial charge in [-0.05, 0) is 31.2 Å². The Morgan fingerprint density at radius 1 is 1.50 bits per heavy atom. The summed E-state index contributed by atoms with van der Waals surface area (Å²) in [7, 11) is 3.48. The highest BCUT2D eigenvalue weighted by atomic mass is 19.1. The number of likely N-dealkylation sites (tertiary alicyclic amines) is 1. The molecule has 1 aromatic rings. The van der Waals surface area contributed by atoms with E-state index in [1.807, 2.05) is 13.1 Å². The van der Waals surface area contributed by atoms with Crippen LogP contribution in [-0.2, 0) is 0 Å². The Morgan fingerprint density at radius 2 is 2.25 bits per heavy atom. The predicted molar refractivity (Wildman–Crippen MR) is 60.9 cm³/mol. The highest BCUT2D eigenvalue weighted by molar-refractivity contribution is 5.32. The van der Waals surface area contributed by atoms with Crippen LogP contribution in [0.1, 0.15) is 18.0 Å². The van der Waals surface area contributed by atoms with Gasteiger partial charge in [0.2, 0.25) is 0 Å². The summed E-state index contributed by atoms with van der Waals surface area (Å²) in [5, 5.41) is 0. The minimum Gasteiger partial charge on any atom is -0.494 e. The second-order valence-corrected chi connectivity index (χ2v) is 4.27. The van der Waals surface area contributed by atoms with Crippen LogP contribution in [0.3, 0.4) is 0 Å². The standard InChI is InChI=1S/C12H17FN2O/c1-15-6-5-10(14)12(15)8-3-4-11(16-2)9(13)7-8/h3-4,7,10,12H,5-6,14H2,1-2H3. The largest absolute Gasteiger partial charge is 0.494 e. The van der Waals surface area contributed by atoms with E-state index < -0.39 is 0 Å². The van der Waals surface area contributed by atoms with Gasteiger partial charge in [0.1, 0.15) is 0 Å². The fourth-order valence-electron chi connectivity index (χ4n) is 2.34. The first-order valence-electron chi connectivity index (χ1n) is 5.42. The number of hydrogen-bond donors (Lipinski definition) is 1. The molecule has 16 heavy (non-hydrogen) atoms. The Kier molecular flexibility index (Phi) is 3.12. The summed E-state index contributed by atoms with van der Waals surface area (Å²) in [4.78, 5) is 2.16. The lowest BCUT2D eigenvalue weighted by Gasteiger charge is -2.23. The highest BCUT2D eigenvalue weighted by Gasteiger charge is 2.30. The van der Waals surface area contributed by atoms with Crippen molar-refractivity contribution in [2.75, 3.05) is 20.7 Å². The molecule has 2 rings (SSSR count). The van der Waals surface area contributed by atoms with Crippen molar-refractivity contribution in [2.45, 2.75) is 18.5 Å². The zero-order chi connectivity index (χ0) is 11.7. The Labute approximate surface area is 95.0 Å². The first-order valence-corrected chi connectivity index (χ1v) is 5.42. The van der Waals surface area contributed by atoms with Gasteiger partial charge in [-0.15, -0.1) is 0 Å². The van der Waals surface area contributed by atoms with E-state index in [4.69, 9.17) is 10.5 Å². The average molecular weight is 224 g/mol. The molecule has 1 fully saturated rings. The lowest BCUT2D eigenvalue weighted by atomic mass is 10.0. The maximum Gasteiger partial charge on any atom is 0.165 e. The molecule has 3 nitrogen and oxygen atoms in total. The maximum atomic E-state index is 13.6. The van der Waals surface area contributed by atoms with E-state index in [2.05, 4.69) is 4.90 Å². The summed E-state index contributed by atoms with van der Waals surface area (Å²) in [5.74, 6) is -0.0505. The molecule has 0 radical (unpaired) electrons. The van der Waals surface area contributed by atoms with Crippen molar-refractivity contribution in [2.24, 2.45) is 5.73 Å². The summed E-state index contributed by atoms with van der Waals surface area (Å²) < 4.78 is 18.5. The molecule has 1 saturated heterocycles. The first-order chi connectivity index (χ1) is 7.63. The Bertz CT molecular complexity index is 373. The van der Waals surface area contributed by atoms with Gasteiger partial charge in [0.15, 0.2) is 11.6 Å². The Morgan fingerprint density at radius 3 is 2.75 bits per heavy atom. The van der Waals surface area contributed by atoms with Crippen LogP contribution in [0.4, 0.5) is 4.39 Å². The molecule has 1 aliphatic heterocycles. The van der Waals surface area contributed by atoms with Gasteiger partial charge in [-0.3, -0.25) is 4.90 Å². The maximum absolute atomic E-state index is 13.6. The number of likely N-dealkylation sites (N-methyl/N-ethyl adjacent to an activating group) is 1. The van der Waals surface area contributed by atoms with E-state index in [1.165, 1.54) is 13.2 Å². The van der Waals surface area contributed by atoms with Crippen LogP contribution < -0.4 is 10.5 Å². The second kappa shape index (κ2) is 4.39. The number of rotatable bonds is 2. The normalized spacial score (nSPS) is 26.0. The molecule has 1 heterocycles. The average Bonchev–Trinajstić information content (AvgIpc) is 2.58. The third-order valence-corrected chi connectivity index (χ3v) is 3.21. The molecule has 2 unspecified atom stereocenters. The lowest BCUT2D eigenvalue weighted by molar-refractivity contribution is 0.302. The summed E-state index contributed by atoms with van der Waals surface area (Å²) in [6.45, 7) is 0.958. The topological polar surface area (TPSA) is 38.5 Å². The van der Waals surface area contributed by atoms with Gasteiger partial charge >= 0.3 is 0 Å². The van der Waals surface area contributed by atoms with E-state index >= 15 is 0 Å². The van der Waals surface area contributed by atoms with Crippen LogP contribution in [0.15, 0.2) is 18.2 Å². The van der Waals surface area contributed by atoms with E-state index in [0.717, 1.165) is 18.5 Å². The number of nitrogens with two attached hydrogens (primary N) is 1. The van der Waals surface area contributed by atoms with Gasteiger partial charge in [0.25, 0.3) is 0 Å². The van der Waals surface area contributed by atoms with E-state index in [9.17, 15) is 4.39 Å². The van der Waals surface area contributed by atoms with Crippen molar-refractivity contribution in [3.05, 3.63) is 29.6 Å². The van der Waals surface area contributed by atoms with Crippen molar-refractivity contribution in [3.63, 3.8) is 0 Å². The SMILES string of the molecule is COc1ccc(C2C(N)CCN2C)cc1F. The number of methoxy groups -OCH3 is 1. The third-order valence-electron chi connectivity index (χ3n) is 3.21. The fourth-order valence-corrected chi connectivity index (χ4v) is 2.34. The molecular weight excluding hydrogens is 207 g/mol. The molecule has 0 aromatic heterocycles. The summed E-state index contributed by atoms with van der Waals surface area (Å²) >= 11 is 0. The van der Waals surface area contributed by atoms with Gasteiger partial charge < -0.3 is 10.5 Å². The van der Waals surface area contributed by atoms with Crippen LogP contribution in [0.5, 0.6) is 5.75 Å². The molecule has 2 atom stereocenters. The minimum absolute atomic E-state index is 0.0813. The van der Waals surface area contributed by atoms with Crippen LogP contribution >= 0.6 is 0 Å². The van der Waals surface area contributed by atoms with Crippen molar-refractivity contribution < 1.29 is 9.13 Å². The van der Waals surface area contributed by atoms with Crippen molar-refractivity contribution in [1.82, 2.24) is 4.90 Å². The highest BCUT2D eigenvalue weighted by Crippen LogP contribution is 2.31. The van der Waals surface area contributed by atoms with Crippen molar-refractivity contribution in [1.29, 1.82) is 0 Å². The van der Waals surface area contributed by atoms with E-state index in [0.29, 0.717) is 0 Å². The van der Waals surface area contributed by atoms with E-state index in [-0.39, 0.29) is 23.7 Å². The molecule has 0 aliphatic carbocycles. The number of hydrogen-bond acceptors (Lipinski definition) is 3. The second-order valence-electron chi connectivity index (χ2n) is 4.27.